The average Bonchev–Trinajstić information content (AvgIpc) is 3.26. The van der Waals surface area contributed by atoms with Crippen molar-refractivity contribution in [1.82, 2.24) is 4.90 Å². The highest BCUT2D eigenvalue weighted by Gasteiger charge is 2.15. The standard InChI is InChI=1S/C19H21NO2S/c1-22-19-9-6-15(13-16(19)14-20-10-2-3-11-20)18(21)8-7-17-5-4-12-23-17/h4-9,12-13H,2-3,10-11,14H2,1H3/b8-7+. The largest absolute Gasteiger partial charge is 0.496 e. The third-order valence-corrected chi connectivity index (χ3v) is 4.94. The number of nitrogens with zero attached hydrogens (tertiary/aromatic N) is 1. The summed E-state index contributed by atoms with van der Waals surface area (Å²) in [6.45, 7) is 3.10. The number of hydrogen-bond donors (Lipinski definition) is 0. The smallest absolute Gasteiger partial charge is 0.185 e. The van der Waals surface area contributed by atoms with E-state index in [2.05, 4.69) is 4.90 Å². The second-order valence-corrected chi connectivity index (χ2v) is 6.70. The Kier molecular flexibility index (Phi) is 5.26. The van der Waals surface area contributed by atoms with Gasteiger partial charge in [0.2, 0.25) is 0 Å². The van der Waals surface area contributed by atoms with Gasteiger partial charge in [0.25, 0.3) is 0 Å². The maximum absolute atomic E-state index is 12.4. The first-order valence-electron chi connectivity index (χ1n) is 7.91. The first kappa shape index (κ1) is 16.0. The summed E-state index contributed by atoms with van der Waals surface area (Å²) in [5, 5.41) is 2.01. The maximum atomic E-state index is 12.4. The highest BCUT2D eigenvalue weighted by atomic mass is 32.1. The number of rotatable bonds is 6. The molecule has 120 valence electrons. The third-order valence-electron chi connectivity index (χ3n) is 4.10. The van der Waals surface area contributed by atoms with Gasteiger partial charge < -0.3 is 4.74 Å². The van der Waals surface area contributed by atoms with E-state index in [1.165, 1.54) is 12.8 Å². The lowest BCUT2D eigenvalue weighted by Gasteiger charge is -2.17. The number of ether oxygens (including phenoxy) is 1. The number of likely N-dealkylation sites (tertiary alicyclic amines) is 1. The van der Waals surface area contributed by atoms with Gasteiger partial charge in [-0.3, -0.25) is 9.69 Å². The second-order valence-electron chi connectivity index (χ2n) is 5.72. The molecule has 23 heavy (non-hydrogen) atoms. The number of methoxy groups -OCH3 is 1. The highest BCUT2D eigenvalue weighted by molar-refractivity contribution is 7.10. The van der Waals surface area contributed by atoms with Gasteiger partial charge in [0.1, 0.15) is 5.75 Å². The summed E-state index contributed by atoms with van der Waals surface area (Å²) in [4.78, 5) is 15.9. The van der Waals surface area contributed by atoms with Gasteiger partial charge in [-0.2, -0.15) is 0 Å². The number of carbonyl (C=O) groups is 1. The molecule has 1 fully saturated rings. The Hall–Kier alpha value is -1.91. The molecule has 3 nitrogen and oxygen atoms in total. The Bertz CT molecular complexity index is 685. The quantitative estimate of drug-likeness (QED) is 0.587. The lowest BCUT2D eigenvalue weighted by molar-refractivity contribution is 0.104. The Balaban J connectivity index is 1.77. The number of ketones is 1. The normalized spacial score (nSPS) is 15.3. The lowest BCUT2D eigenvalue weighted by atomic mass is 10.1. The number of carbonyl (C=O) groups excluding carboxylic acids is 1. The molecule has 0 atom stereocenters. The summed E-state index contributed by atoms with van der Waals surface area (Å²) in [5.41, 5.74) is 1.80. The van der Waals surface area contributed by atoms with Crippen LogP contribution in [0.1, 0.15) is 33.6 Å². The van der Waals surface area contributed by atoms with Crippen molar-refractivity contribution >= 4 is 23.2 Å². The second kappa shape index (κ2) is 7.57. The highest BCUT2D eigenvalue weighted by Crippen LogP contribution is 2.24. The molecule has 0 unspecified atom stereocenters. The summed E-state index contributed by atoms with van der Waals surface area (Å²) < 4.78 is 5.45. The number of hydrogen-bond acceptors (Lipinski definition) is 4. The minimum atomic E-state index is 0.0312. The van der Waals surface area contributed by atoms with Gasteiger partial charge in [-0.05, 0) is 67.7 Å². The molecule has 1 aromatic heterocycles. The molecule has 0 spiro atoms. The minimum Gasteiger partial charge on any atom is -0.496 e. The molecule has 1 saturated heterocycles. The minimum absolute atomic E-state index is 0.0312. The van der Waals surface area contributed by atoms with Gasteiger partial charge >= 0.3 is 0 Å². The molecule has 1 aliphatic rings. The molecular weight excluding hydrogens is 306 g/mol. The van der Waals surface area contributed by atoms with E-state index in [0.717, 1.165) is 35.8 Å². The van der Waals surface area contributed by atoms with Crippen molar-refractivity contribution in [2.45, 2.75) is 19.4 Å². The van der Waals surface area contributed by atoms with Crippen LogP contribution in [0.3, 0.4) is 0 Å². The van der Waals surface area contributed by atoms with Crippen LogP contribution in [0.15, 0.2) is 41.8 Å². The molecule has 1 aromatic carbocycles. The van der Waals surface area contributed by atoms with E-state index >= 15 is 0 Å². The van der Waals surface area contributed by atoms with Crippen LogP contribution in [0.25, 0.3) is 6.08 Å². The van der Waals surface area contributed by atoms with Crippen molar-refractivity contribution in [1.29, 1.82) is 0 Å². The molecule has 2 aromatic rings. The summed E-state index contributed by atoms with van der Waals surface area (Å²) in [5.74, 6) is 0.888. The van der Waals surface area contributed by atoms with Crippen molar-refractivity contribution < 1.29 is 9.53 Å². The van der Waals surface area contributed by atoms with Crippen LogP contribution in [0.5, 0.6) is 5.75 Å². The van der Waals surface area contributed by atoms with Crippen LogP contribution in [-0.4, -0.2) is 30.9 Å². The van der Waals surface area contributed by atoms with Crippen LogP contribution in [-0.2, 0) is 6.54 Å². The number of thiophene rings is 1. The fourth-order valence-electron chi connectivity index (χ4n) is 2.88. The van der Waals surface area contributed by atoms with Gasteiger partial charge in [0.05, 0.1) is 7.11 Å². The summed E-state index contributed by atoms with van der Waals surface area (Å²) >= 11 is 1.62. The van der Waals surface area contributed by atoms with Crippen molar-refractivity contribution in [2.24, 2.45) is 0 Å². The zero-order valence-corrected chi connectivity index (χ0v) is 14.1. The number of benzene rings is 1. The van der Waals surface area contributed by atoms with Crippen LogP contribution in [0, 0.1) is 0 Å². The third kappa shape index (κ3) is 4.09. The number of allylic oxidation sites excluding steroid dienone is 1. The topological polar surface area (TPSA) is 29.5 Å². The fraction of sp³-hybridized carbons (Fsp3) is 0.316. The van der Waals surface area contributed by atoms with Crippen molar-refractivity contribution in [3.8, 4) is 5.75 Å². The van der Waals surface area contributed by atoms with Gasteiger partial charge in [0.15, 0.2) is 5.78 Å². The summed E-state index contributed by atoms with van der Waals surface area (Å²) in [6.07, 6.45) is 6.03. The molecule has 2 heterocycles. The molecule has 0 radical (unpaired) electrons. The van der Waals surface area contributed by atoms with Crippen molar-refractivity contribution in [3.63, 3.8) is 0 Å². The van der Waals surface area contributed by atoms with Gasteiger partial charge in [-0.15, -0.1) is 11.3 Å². The van der Waals surface area contributed by atoms with Gasteiger partial charge in [-0.25, -0.2) is 0 Å². The Morgan fingerprint density at radius 2 is 2.13 bits per heavy atom. The molecule has 4 heteroatoms. The van der Waals surface area contributed by atoms with Crippen LogP contribution in [0.4, 0.5) is 0 Å². The van der Waals surface area contributed by atoms with Crippen molar-refractivity contribution in [2.75, 3.05) is 20.2 Å². The van der Waals surface area contributed by atoms with E-state index in [-0.39, 0.29) is 5.78 Å². The summed E-state index contributed by atoms with van der Waals surface area (Å²) in [6, 6.07) is 9.70. The zero-order chi connectivity index (χ0) is 16.1. The SMILES string of the molecule is COc1ccc(C(=O)/C=C/c2cccs2)cc1CN1CCCC1. The Morgan fingerprint density at radius 3 is 2.83 bits per heavy atom. The molecule has 3 rings (SSSR count). The molecular formula is C19H21NO2S. The van der Waals surface area contributed by atoms with E-state index in [4.69, 9.17) is 4.74 Å². The maximum Gasteiger partial charge on any atom is 0.185 e. The molecule has 0 amide bonds. The van der Waals surface area contributed by atoms with Gasteiger partial charge in [-0.1, -0.05) is 6.07 Å². The van der Waals surface area contributed by atoms with E-state index in [1.807, 2.05) is 41.8 Å². The predicted molar refractivity (Wildman–Crippen MR) is 95.2 cm³/mol. The molecule has 1 aliphatic heterocycles. The fourth-order valence-corrected chi connectivity index (χ4v) is 3.50. The average molecular weight is 327 g/mol. The van der Waals surface area contributed by atoms with E-state index in [1.54, 1.807) is 24.5 Å². The molecule has 0 bridgehead atoms. The van der Waals surface area contributed by atoms with Crippen LogP contribution < -0.4 is 4.74 Å². The molecule has 0 saturated carbocycles. The molecule has 0 aliphatic carbocycles. The summed E-state index contributed by atoms with van der Waals surface area (Å²) in [7, 11) is 1.68. The monoisotopic (exact) mass is 327 g/mol. The van der Waals surface area contributed by atoms with E-state index < -0.39 is 0 Å². The van der Waals surface area contributed by atoms with Crippen LogP contribution >= 0.6 is 11.3 Å². The Labute approximate surface area is 141 Å². The van der Waals surface area contributed by atoms with E-state index in [9.17, 15) is 4.79 Å². The zero-order valence-electron chi connectivity index (χ0n) is 13.3. The van der Waals surface area contributed by atoms with Crippen LogP contribution in [0.2, 0.25) is 0 Å². The predicted octanol–water partition coefficient (Wildman–Crippen LogP) is 4.25. The lowest BCUT2D eigenvalue weighted by Crippen LogP contribution is -2.19. The van der Waals surface area contributed by atoms with Gasteiger partial charge in [0, 0.05) is 22.5 Å². The Morgan fingerprint density at radius 1 is 1.30 bits per heavy atom. The van der Waals surface area contributed by atoms with Crippen molar-refractivity contribution in [3.05, 3.63) is 57.8 Å². The van der Waals surface area contributed by atoms with E-state index in [0.29, 0.717) is 5.56 Å². The first-order valence-corrected chi connectivity index (χ1v) is 8.79. The molecule has 0 N–H and O–H groups in total. The first-order chi connectivity index (χ1) is 11.3.